The van der Waals surface area contributed by atoms with Crippen molar-refractivity contribution >= 4 is 23.2 Å². The van der Waals surface area contributed by atoms with Crippen LogP contribution in [0.15, 0.2) is 59.2 Å². The maximum Gasteiger partial charge on any atom is 0.291 e. The highest BCUT2D eigenvalue weighted by Crippen LogP contribution is 2.28. The highest BCUT2D eigenvalue weighted by atomic mass is 16.5. The summed E-state index contributed by atoms with van der Waals surface area (Å²) < 4.78 is 15.9. The number of aryl methyl sites for hydroxylation is 2. The van der Waals surface area contributed by atoms with Gasteiger partial charge in [-0.2, -0.15) is 0 Å². The number of carbonyl (C=O) groups excluding carboxylic acids is 2. The predicted molar refractivity (Wildman–Crippen MR) is 110 cm³/mol. The molecule has 0 spiro atoms. The number of furan rings is 1. The molecule has 3 aromatic rings. The summed E-state index contributed by atoms with van der Waals surface area (Å²) in [5.74, 6) is 0.518. The second-order valence-corrected chi connectivity index (χ2v) is 6.51. The number of anilines is 2. The van der Waals surface area contributed by atoms with Gasteiger partial charge in [-0.15, -0.1) is 0 Å². The number of hydrogen-bond donors (Lipinski definition) is 2. The van der Waals surface area contributed by atoms with Crippen LogP contribution in [0.3, 0.4) is 0 Å². The fourth-order valence-corrected chi connectivity index (χ4v) is 2.84. The number of hydrogen-bond acceptors (Lipinski definition) is 5. The van der Waals surface area contributed by atoms with Gasteiger partial charge in [0.1, 0.15) is 11.5 Å². The Labute approximate surface area is 168 Å². The lowest BCUT2D eigenvalue weighted by molar-refractivity contribution is -0.118. The van der Waals surface area contributed by atoms with Crippen molar-refractivity contribution in [2.75, 3.05) is 24.4 Å². The smallest absolute Gasteiger partial charge is 0.291 e. The molecule has 3 rings (SSSR count). The molecule has 0 radical (unpaired) electrons. The van der Waals surface area contributed by atoms with Crippen LogP contribution in [0.2, 0.25) is 0 Å². The number of benzene rings is 2. The third kappa shape index (κ3) is 5.38. The number of ether oxygens (including phenoxy) is 2. The number of amides is 2. The Kier molecular flexibility index (Phi) is 6.19. The molecule has 7 nitrogen and oxygen atoms in total. The number of methoxy groups -OCH3 is 1. The van der Waals surface area contributed by atoms with Crippen LogP contribution in [0.25, 0.3) is 0 Å². The molecule has 0 aliphatic heterocycles. The Morgan fingerprint density at radius 3 is 2.41 bits per heavy atom. The van der Waals surface area contributed by atoms with E-state index in [1.807, 2.05) is 32.0 Å². The quantitative estimate of drug-likeness (QED) is 0.628. The summed E-state index contributed by atoms with van der Waals surface area (Å²) in [6.45, 7) is 3.80. The van der Waals surface area contributed by atoms with Crippen LogP contribution in [-0.4, -0.2) is 25.5 Å². The molecule has 0 saturated heterocycles. The minimum absolute atomic E-state index is 0.136. The van der Waals surface area contributed by atoms with Crippen LogP contribution in [0.5, 0.6) is 11.5 Å². The van der Waals surface area contributed by atoms with Crippen LogP contribution < -0.4 is 20.1 Å². The predicted octanol–water partition coefficient (Wildman–Crippen LogP) is 4.17. The van der Waals surface area contributed by atoms with Crippen molar-refractivity contribution in [1.29, 1.82) is 0 Å². The molecule has 0 aliphatic rings. The summed E-state index contributed by atoms with van der Waals surface area (Å²) in [6.07, 6.45) is 1.42. The van der Waals surface area contributed by atoms with E-state index in [1.165, 1.54) is 13.4 Å². The lowest BCUT2D eigenvalue weighted by Gasteiger charge is -2.13. The maximum absolute atomic E-state index is 12.3. The molecule has 0 aliphatic carbocycles. The summed E-state index contributed by atoms with van der Waals surface area (Å²) in [4.78, 5) is 24.5. The van der Waals surface area contributed by atoms with Crippen molar-refractivity contribution in [3.8, 4) is 11.5 Å². The van der Waals surface area contributed by atoms with E-state index in [0.29, 0.717) is 22.9 Å². The van der Waals surface area contributed by atoms with Crippen molar-refractivity contribution in [2.24, 2.45) is 0 Å². The van der Waals surface area contributed by atoms with Gasteiger partial charge in [-0.3, -0.25) is 9.59 Å². The molecule has 150 valence electrons. The molecule has 0 saturated carbocycles. The largest absolute Gasteiger partial charge is 0.495 e. The lowest BCUT2D eigenvalue weighted by atomic mass is 10.1. The second kappa shape index (κ2) is 8.97. The van der Waals surface area contributed by atoms with E-state index in [2.05, 4.69) is 10.6 Å². The minimum Gasteiger partial charge on any atom is -0.495 e. The van der Waals surface area contributed by atoms with Gasteiger partial charge in [-0.25, -0.2) is 0 Å². The van der Waals surface area contributed by atoms with Crippen molar-refractivity contribution < 1.29 is 23.5 Å². The molecule has 0 fully saturated rings. The van der Waals surface area contributed by atoms with Gasteiger partial charge in [0.15, 0.2) is 12.4 Å². The molecular weight excluding hydrogens is 372 g/mol. The Hall–Kier alpha value is -3.74. The maximum atomic E-state index is 12.3. The van der Waals surface area contributed by atoms with E-state index in [-0.39, 0.29) is 18.3 Å². The molecule has 0 atom stereocenters. The minimum atomic E-state index is -0.421. The van der Waals surface area contributed by atoms with Crippen LogP contribution in [-0.2, 0) is 4.79 Å². The average Bonchev–Trinajstić information content (AvgIpc) is 3.21. The fraction of sp³-hybridized carbons (Fsp3) is 0.182. The second-order valence-electron chi connectivity index (χ2n) is 6.51. The summed E-state index contributed by atoms with van der Waals surface area (Å²) in [5.41, 5.74) is 3.02. The molecule has 1 heterocycles. The third-order valence-corrected chi connectivity index (χ3v) is 4.04. The third-order valence-electron chi connectivity index (χ3n) is 4.04. The van der Waals surface area contributed by atoms with Gasteiger partial charge in [-0.1, -0.05) is 6.07 Å². The first-order chi connectivity index (χ1) is 13.9. The molecule has 2 N–H and O–H groups in total. The van der Waals surface area contributed by atoms with Crippen LogP contribution in [0.1, 0.15) is 21.7 Å². The highest BCUT2D eigenvalue weighted by Gasteiger charge is 2.13. The molecule has 0 bridgehead atoms. The first kappa shape index (κ1) is 20.0. The zero-order valence-corrected chi connectivity index (χ0v) is 16.4. The van der Waals surface area contributed by atoms with E-state index >= 15 is 0 Å². The summed E-state index contributed by atoms with van der Waals surface area (Å²) in [6, 6.07) is 13.9. The fourth-order valence-electron chi connectivity index (χ4n) is 2.84. The normalized spacial score (nSPS) is 10.3. The van der Waals surface area contributed by atoms with E-state index in [0.717, 1.165) is 11.1 Å². The van der Waals surface area contributed by atoms with Gasteiger partial charge in [0, 0.05) is 5.69 Å². The van der Waals surface area contributed by atoms with Crippen molar-refractivity contribution in [2.45, 2.75) is 13.8 Å². The molecule has 0 unspecified atom stereocenters. The van der Waals surface area contributed by atoms with Crippen molar-refractivity contribution in [3.05, 3.63) is 71.7 Å². The van der Waals surface area contributed by atoms with Gasteiger partial charge in [-0.05, 0) is 67.4 Å². The topological polar surface area (TPSA) is 89.8 Å². The van der Waals surface area contributed by atoms with Crippen molar-refractivity contribution in [3.63, 3.8) is 0 Å². The summed E-state index contributed by atoms with van der Waals surface area (Å²) >= 11 is 0. The average molecular weight is 394 g/mol. The SMILES string of the molecule is COc1ccc(NC(=O)COc2cc(C)cc(C)c2)cc1NC(=O)c1ccco1. The number of nitrogens with one attached hydrogen (secondary N) is 2. The van der Waals surface area contributed by atoms with Crippen molar-refractivity contribution in [1.82, 2.24) is 0 Å². The Balaban J connectivity index is 1.65. The molecule has 2 aromatic carbocycles. The van der Waals surface area contributed by atoms with Crippen LogP contribution in [0, 0.1) is 13.8 Å². The molecule has 2 amide bonds. The van der Waals surface area contributed by atoms with E-state index in [1.54, 1.807) is 30.3 Å². The standard InChI is InChI=1S/C22H22N2O5/c1-14-9-15(2)11-17(10-14)29-13-21(25)23-16-6-7-19(27-3)18(12-16)24-22(26)20-5-4-8-28-20/h4-12H,13H2,1-3H3,(H,23,25)(H,24,26). The number of carbonyl (C=O) groups is 2. The Bertz CT molecular complexity index is 992. The first-order valence-corrected chi connectivity index (χ1v) is 8.98. The number of rotatable bonds is 7. The Morgan fingerprint density at radius 2 is 1.76 bits per heavy atom. The van der Waals surface area contributed by atoms with Crippen LogP contribution in [0.4, 0.5) is 11.4 Å². The zero-order chi connectivity index (χ0) is 20.8. The highest BCUT2D eigenvalue weighted by molar-refractivity contribution is 6.03. The van der Waals surface area contributed by atoms with Crippen LogP contribution >= 0.6 is 0 Å². The van der Waals surface area contributed by atoms with Gasteiger partial charge in [0.2, 0.25) is 0 Å². The van der Waals surface area contributed by atoms with E-state index in [4.69, 9.17) is 13.9 Å². The Morgan fingerprint density at radius 1 is 1.00 bits per heavy atom. The zero-order valence-electron chi connectivity index (χ0n) is 16.4. The van der Waals surface area contributed by atoms with E-state index < -0.39 is 5.91 Å². The summed E-state index contributed by atoms with van der Waals surface area (Å²) in [7, 11) is 1.49. The summed E-state index contributed by atoms with van der Waals surface area (Å²) in [5, 5.41) is 5.45. The van der Waals surface area contributed by atoms with Gasteiger partial charge < -0.3 is 24.5 Å². The molecule has 1 aromatic heterocycles. The van der Waals surface area contributed by atoms with Gasteiger partial charge in [0.05, 0.1) is 19.1 Å². The molecular formula is C22H22N2O5. The molecule has 7 heteroatoms. The van der Waals surface area contributed by atoms with Gasteiger partial charge >= 0.3 is 0 Å². The van der Waals surface area contributed by atoms with E-state index in [9.17, 15) is 9.59 Å². The van der Waals surface area contributed by atoms with Gasteiger partial charge in [0.25, 0.3) is 11.8 Å². The first-order valence-electron chi connectivity index (χ1n) is 8.98. The monoisotopic (exact) mass is 394 g/mol. The molecule has 29 heavy (non-hydrogen) atoms. The lowest BCUT2D eigenvalue weighted by Crippen LogP contribution is -2.20.